The Hall–Kier alpha value is -2.27. The molecule has 124 valence electrons. The van der Waals surface area contributed by atoms with Crippen LogP contribution in [0, 0.1) is 13.8 Å². The molecule has 2 heterocycles. The first-order valence-corrected chi connectivity index (χ1v) is 8.79. The van der Waals surface area contributed by atoms with Gasteiger partial charge in [0.05, 0.1) is 16.3 Å². The minimum Gasteiger partial charge on any atom is -0.375 e. The van der Waals surface area contributed by atoms with E-state index in [-0.39, 0.29) is 5.41 Å². The largest absolute Gasteiger partial charge is 0.375 e. The SMILES string of the molecule is Cc1ccc(CC(C)(C)c2nccc(-c3sc(N)nc3C)n2)cc1. The van der Waals surface area contributed by atoms with Crippen LogP contribution in [0.15, 0.2) is 36.5 Å². The van der Waals surface area contributed by atoms with Crippen LogP contribution < -0.4 is 5.73 Å². The van der Waals surface area contributed by atoms with Crippen molar-refractivity contribution in [3.63, 3.8) is 0 Å². The molecule has 3 aromatic rings. The third-order valence-electron chi connectivity index (χ3n) is 4.07. The average molecular weight is 338 g/mol. The van der Waals surface area contributed by atoms with E-state index in [4.69, 9.17) is 10.7 Å². The Balaban J connectivity index is 1.92. The first-order chi connectivity index (χ1) is 11.3. The number of hydrogen-bond acceptors (Lipinski definition) is 5. The summed E-state index contributed by atoms with van der Waals surface area (Å²) in [4.78, 5) is 14.6. The van der Waals surface area contributed by atoms with Crippen molar-refractivity contribution in [3.05, 3.63) is 59.2 Å². The smallest absolute Gasteiger partial charge is 0.180 e. The van der Waals surface area contributed by atoms with Gasteiger partial charge in [-0.25, -0.2) is 15.0 Å². The summed E-state index contributed by atoms with van der Waals surface area (Å²) in [6.45, 7) is 8.42. The first kappa shape index (κ1) is 16.6. The number of nitrogen functional groups attached to an aromatic ring is 1. The fourth-order valence-electron chi connectivity index (χ4n) is 2.76. The van der Waals surface area contributed by atoms with E-state index in [1.807, 2.05) is 19.2 Å². The number of thiazole rings is 1. The third-order valence-corrected chi connectivity index (χ3v) is 5.08. The number of rotatable bonds is 4. The maximum Gasteiger partial charge on any atom is 0.180 e. The van der Waals surface area contributed by atoms with Crippen LogP contribution in [0.4, 0.5) is 5.13 Å². The summed E-state index contributed by atoms with van der Waals surface area (Å²) in [5.41, 5.74) is 10.0. The van der Waals surface area contributed by atoms with Gasteiger partial charge in [0.2, 0.25) is 0 Å². The summed E-state index contributed by atoms with van der Waals surface area (Å²) in [6.07, 6.45) is 2.71. The normalized spacial score (nSPS) is 11.7. The molecule has 0 saturated heterocycles. The minimum absolute atomic E-state index is 0.157. The van der Waals surface area contributed by atoms with Crippen molar-refractivity contribution in [1.82, 2.24) is 15.0 Å². The van der Waals surface area contributed by atoms with Crippen LogP contribution in [-0.2, 0) is 11.8 Å². The molecule has 4 nitrogen and oxygen atoms in total. The summed E-state index contributed by atoms with van der Waals surface area (Å²) < 4.78 is 0. The van der Waals surface area contributed by atoms with Gasteiger partial charge in [0, 0.05) is 11.6 Å². The van der Waals surface area contributed by atoms with Gasteiger partial charge < -0.3 is 5.73 Å². The van der Waals surface area contributed by atoms with Gasteiger partial charge in [-0.05, 0) is 31.9 Å². The van der Waals surface area contributed by atoms with Gasteiger partial charge in [-0.2, -0.15) is 0 Å². The highest BCUT2D eigenvalue weighted by Gasteiger charge is 2.25. The Morgan fingerprint density at radius 2 is 1.75 bits per heavy atom. The lowest BCUT2D eigenvalue weighted by molar-refractivity contribution is 0.487. The average Bonchev–Trinajstić information content (AvgIpc) is 2.88. The number of anilines is 1. The van der Waals surface area contributed by atoms with Crippen molar-refractivity contribution in [2.75, 3.05) is 5.73 Å². The Morgan fingerprint density at radius 1 is 1.04 bits per heavy atom. The maximum atomic E-state index is 5.82. The van der Waals surface area contributed by atoms with Crippen LogP contribution >= 0.6 is 11.3 Å². The van der Waals surface area contributed by atoms with Crippen molar-refractivity contribution in [2.45, 2.75) is 39.5 Å². The van der Waals surface area contributed by atoms with E-state index in [1.54, 1.807) is 0 Å². The van der Waals surface area contributed by atoms with E-state index < -0.39 is 0 Å². The number of aryl methyl sites for hydroxylation is 2. The van der Waals surface area contributed by atoms with Gasteiger partial charge in [0.15, 0.2) is 5.13 Å². The van der Waals surface area contributed by atoms with E-state index in [0.717, 1.165) is 28.5 Å². The van der Waals surface area contributed by atoms with Gasteiger partial charge >= 0.3 is 0 Å². The van der Waals surface area contributed by atoms with Crippen LogP contribution in [0.25, 0.3) is 10.6 Å². The van der Waals surface area contributed by atoms with Crippen molar-refractivity contribution in [1.29, 1.82) is 0 Å². The molecule has 3 rings (SSSR count). The second kappa shape index (κ2) is 6.32. The van der Waals surface area contributed by atoms with E-state index in [0.29, 0.717) is 5.13 Å². The summed E-state index contributed by atoms with van der Waals surface area (Å²) in [5.74, 6) is 0.840. The molecule has 2 N–H and O–H groups in total. The number of nitrogens with two attached hydrogens (primary N) is 1. The van der Waals surface area contributed by atoms with Crippen LogP contribution in [0.2, 0.25) is 0 Å². The Labute approximate surface area is 146 Å². The molecule has 0 atom stereocenters. The molecule has 0 bridgehead atoms. The lowest BCUT2D eigenvalue weighted by Gasteiger charge is -2.23. The highest BCUT2D eigenvalue weighted by molar-refractivity contribution is 7.18. The van der Waals surface area contributed by atoms with Crippen LogP contribution in [0.1, 0.15) is 36.5 Å². The summed E-state index contributed by atoms with van der Waals surface area (Å²) >= 11 is 1.47. The topological polar surface area (TPSA) is 64.7 Å². The fraction of sp³-hybridized carbons (Fsp3) is 0.316. The third kappa shape index (κ3) is 3.46. The molecular formula is C19H22N4S. The van der Waals surface area contributed by atoms with E-state index in [1.165, 1.54) is 22.5 Å². The molecule has 5 heteroatoms. The van der Waals surface area contributed by atoms with Crippen LogP contribution in [-0.4, -0.2) is 15.0 Å². The van der Waals surface area contributed by atoms with Crippen molar-refractivity contribution in [3.8, 4) is 10.6 Å². The molecule has 0 saturated carbocycles. The molecule has 0 aliphatic heterocycles. The Kier molecular flexibility index (Phi) is 4.37. The zero-order chi connectivity index (χ0) is 17.3. The van der Waals surface area contributed by atoms with Gasteiger partial charge in [-0.3, -0.25) is 0 Å². The highest BCUT2D eigenvalue weighted by atomic mass is 32.1. The number of hydrogen-bond donors (Lipinski definition) is 1. The monoisotopic (exact) mass is 338 g/mol. The Morgan fingerprint density at radius 3 is 2.38 bits per heavy atom. The zero-order valence-corrected chi connectivity index (χ0v) is 15.3. The van der Waals surface area contributed by atoms with Gasteiger partial charge in [0.1, 0.15) is 5.82 Å². The van der Waals surface area contributed by atoms with E-state index in [9.17, 15) is 0 Å². The van der Waals surface area contributed by atoms with Crippen molar-refractivity contribution in [2.24, 2.45) is 0 Å². The van der Waals surface area contributed by atoms with Gasteiger partial charge in [-0.1, -0.05) is 55.0 Å². The van der Waals surface area contributed by atoms with Gasteiger partial charge in [0.25, 0.3) is 0 Å². The number of benzene rings is 1. The molecule has 1 aromatic carbocycles. The minimum atomic E-state index is -0.157. The first-order valence-electron chi connectivity index (χ1n) is 7.97. The van der Waals surface area contributed by atoms with Crippen molar-refractivity contribution >= 4 is 16.5 Å². The van der Waals surface area contributed by atoms with E-state index in [2.05, 4.69) is 55.0 Å². The zero-order valence-electron chi connectivity index (χ0n) is 14.5. The molecule has 2 aromatic heterocycles. The second-order valence-electron chi connectivity index (χ2n) is 6.78. The molecule has 24 heavy (non-hydrogen) atoms. The standard InChI is InChI=1S/C19H22N4S/c1-12-5-7-14(8-6-12)11-19(3,4)17-21-10-9-15(23-17)16-13(2)22-18(20)24-16/h5-10H,11H2,1-4H3,(H2,20,22). The second-order valence-corrected chi connectivity index (χ2v) is 7.81. The molecule has 0 amide bonds. The number of aromatic nitrogens is 3. The van der Waals surface area contributed by atoms with E-state index >= 15 is 0 Å². The molecule has 0 aliphatic carbocycles. The van der Waals surface area contributed by atoms with Gasteiger partial charge in [-0.15, -0.1) is 0 Å². The molecule has 0 fully saturated rings. The highest BCUT2D eigenvalue weighted by Crippen LogP contribution is 2.32. The predicted molar refractivity (Wildman–Crippen MR) is 100 cm³/mol. The summed E-state index contributed by atoms with van der Waals surface area (Å²) in [5, 5.41) is 0.571. The lowest BCUT2D eigenvalue weighted by atomic mass is 9.84. The summed E-state index contributed by atoms with van der Waals surface area (Å²) in [7, 11) is 0. The Bertz CT molecular complexity index is 850. The predicted octanol–water partition coefficient (Wildman–Crippen LogP) is 4.32. The molecule has 0 aliphatic rings. The van der Waals surface area contributed by atoms with Crippen molar-refractivity contribution < 1.29 is 0 Å². The lowest BCUT2D eigenvalue weighted by Crippen LogP contribution is -2.24. The quantitative estimate of drug-likeness (QED) is 0.769. The summed E-state index contributed by atoms with van der Waals surface area (Å²) in [6, 6.07) is 10.6. The molecule has 0 unspecified atom stereocenters. The van der Waals surface area contributed by atoms with Crippen LogP contribution in [0.5, 0.6) is 0 Å². The van der Waals surface area contributed by atoms with Crippen LogP contribution in [0.3, 0.4) is 0 Å². The molecule has 0 radical (unpaired) electrons. The molecular weight excluding hydrogens is 316 g/mol. The number of nitrogens with zero attached hydrogens (tertiary/aromatic N) is 3. The maximum absolute atomic E-state index is 5.82. The fourth-order valence-corrected chi connectivity index (χ4v) is 3.56. The molecule has 0 spiro atoms.